The van der Waals surface area contributed by atoms with Gasteiger partial charge in [0.15, 0.2) is 5.16 Å². The maximum Gasteiger partial charge on any atom is 0.233 e. The molecule has 1 aromatic carbocycles. The Morgan fingerprint density at radius 2 is 2.03 bits per heavy atom. The number of thioether (sulfide) groups is 1. The number of amides is 1. The lowest BCUT2D eigenvalue weighted by Gasteiger charge is -2.33. The Balaban J connectivity index is 1.50. The molecule has 6 heteroatoms. The Kier molecular flexibility index (Phi) is 7.78. The predicted molar refractivity (Wildman–Crippen MR) is 130 cm³/mol. The highest BCUT2D eigenvalue weighted by Crippen LogP contribution is 2.30. The van der Waals surface area contributed by atoms with Gasteiger partial charge in [-0.15, -0.1) is 0 Å². The molecule has 1 atom stereocenters. The number of carbonyl (C=O) groups excluding carboxylic acids is 1. The molecular formula is C25H32ClN3OS. The Hall–Kier alpha value is -1.72. The fourth-order valence-corrected chi connectivity index (χ4v) is 5.62. The molecule has 4 nitrogen and oxygen atoms in total. The zero-order valence-electron chi connectivity index (χ0n) is 18.4. The first-order valence-electron chi connectivity index (χ1n) is 11.5. The van der Waals surface area contributed by atoms with E-state index in [-0.39, 0.29) is 5.91 Å². The van der Waals surface area contributed by atoms with Crippen LogP contribution < -0.4 is 0 Å². The first-order valence-corrected chi connectivity index (χ1v) is 12.9. The number of benzene rings is 1. The molecule has 4 rings (SSSR count). The first-order chi connectivity index (χ1) is 15.1. The number of nitrogens with zero attached hydrogens (tertiary/aromatic N) is 3. The largest absolute Gasteiger partial charge is 0.339 e. The third-order valence-corrected chi connectivity index (χ3v) is 7.68. The van der Waals surface area contributed by atoms with Gasteiger partial charge in [0.2, 0.25) is 5.91 Å². The third-order valence-electron chi connectivity index (χ3n) is 6.45. The monoisotopic (exact) mass is 457 g/mol. The van der Waals surface area contributed by atoms with Crippen LogP contribution >= 0.6 is 23.4 Å². The van der Waals surface area contributed by atoms with Crippen LogP contribution in [-0.2, 0) is 11.3 Å². The Bertz CT molecular complexity index is 921. The zero-order chi connectivity index (χ0) is 21.6. The van der Waals surface area contributed by atoms with Crippen molar-refractivity contribution in [1.29, 1.82) is 0 Å². The van der Waals surface area contributed by atoms with Gasteiger partial charge in [0.05, 0.1) is 17.6 Å². The molecule has 1 saturated heterocycles. The molecule has 166 valence electrons. The minimum absolute atomic E-state index is 0.231. The van der Waals surface area contributed by atoms with E-state index < -0.39 is 0 Å². The number of hydrogen-bond acceptors (Lipinski definition) is 3. The second kappa shape index (κ2) is 10.7. The topological polar surface area (TPSA) is 38.1 Å². The van der Waals surface area contributed by atoms with E-state index in [0.29, 0.717) is 11.8 Å². The molecule has 31 heavy (non-hydrogen) atoms. The Morgan fingerprint density at radius 3 is 2.77 bits per heavy atom. The number of carbonyl (C=O) groups is 1. The van der Waals surface area contributed by atoms with Crippen molar-refractivity contribution in [3.8, 4) is 11.3 Å². The van der Waals surface area contributed by atoms with Crippen LogP contribution in [0.15, 0.2) is 47.3 Å². The van der Waals surface area contributed by atoms with Gasteiger partial charge in [-0.1, -0.05) is 47.1 Å². The van der Waals surface area contributed by atoms with Crippen LogP contribution in [0.3, 0.4) is 0 Å². The van der Waals surface area contributed by atoms with Crippen molar-refractivity contribution in [1.82, 2.24) is 14.5 Å². The minimum Gasteiger partial charge on any atom is -0.339 e. The average Bonchev–Trinajstić information content (AvgIpc) is 3.20. The van der Waals surface area contributed by atoms with Crippen molar-refractivity contribution in [3.05, 3.63) is 47.1 Å². The van der Waals surface area contributed by atoms with E-state index in [1.165, 1.54) is 32.1 Å². The van der Waals surface area contributed by atoms with Crippen LogP contribution in [0.5, 0.6) is 0 Å². The standard InChI is InChI=1S/C25H32ClN3OS/c1-19-7-5-6-15-28(19)24(30)18-31-25-27-17-23(21-10-12-22(26)13-11-21)29(25)16-14-20-8-3-2-4-9-20/h8,10-13,17,19H,2-7,9,14-16,18H2,1H3/t19-/m1/s1. The molecule has 1 aliphatic carbocycles. The summed E-state index contributed by atoms with van der Waals surface area (Å²) < 4.78 is 2.29. The maximum absolute atomic E-state index is 12.9. The summed E-state index contributed by atoms with van der Waals surface area (Å²) in [7, 11) is 0. The second-order valence-electron chi connectivity index (χ2n) is 8.66. The van der Waals surface area contributed by atoms with Gasteiger partial charge in [0.1, 0.15) is 0 Å². The number of rotatable bonds is 7. The van der Waals surface area contributed by atoms with Gasteiger partial charge in [0, 0.05) is 24.2 Å². The molecule has 0 radical (unpaired) electrons. The van der Waals surface area contributed by atoms with Crippen LogP contribution in [0.4, 0.5) is 0 Å². The van der Waals surface area contributed by atoms with Gasteiger partial charge < -0.3 is 9.47 Å². The van der Waals surface area contributed by atoms with E-state index in [1.807, 2.05) is 30.5 Å². The van der Waals surface area contributed by atoms with Crippen LogP contribution in [0, 0.1) is 0 Å². The van der Waals surface area contributed by atoms with E-state index in [1.54, 1.807) is 17.3 Å². The van der Waals surface area contributed by atoms with Crippen molar-refractivity contribution in [2.75, 3.05) is 12.3 Å². The van der Waals surface area contributed by atoms with Crippen molar-refractivity contribution >= 4 is 29.3 Å². The van der Waals surface area contributed by atoms with Crippen LogP contribution in [0.1, 0.15) is 58.3 Å². The molecule has 0 unspecified atom stereocenters. The van der Waals surface area contributed by atoms with E-state index in [9.17, 15) is 4.79 Å². The van der Waals surface area contributed by atoms with E-state index in [2.05, 4.69) is 22.5 Å². The second-order valence-corrected chi connectivity index (χ2v) is 10.0. The molecular weight excluding hydrogens is 426 g/mol. The van der Waals surface area contributed by atoms with E-state index in [0.717, 1.165) is 53.8 Å². The highest BCUT2D eigenvalue weighted by atomic mass is 35.5. The number of aromatic nitrogens is 2. The summed E-state index contributed by atoms with van der Waals surface area (Å²) in [5, 5.41) is 1.66. The average molecular weight is 458 g/mol. The fourth-order valence-electron chi connectivity index (χ4n) is 4.61. The lowest BCUT2D eigenvalue weighted by molar-refractivity contribution is -0.131. The molecule has 2 heterocycles. The zero-order valence-corrected chi connectivity index (χ0v) is 19.9. The number of allylic oxidation sites excluding steroid dienone is 2. The Labute approximate surface area is 195 Å². The van der Waals surface area contributed by atoms with Crippen LogP contribution in [-0.4, -0.2) is 38.7 Å². The smallest absolute Gasteiger partial charge is 0.233 e. The molecule has 0 saturated carbocycles. The van der Waals surface area contributed by atoms with E-state index >= 15 is 0 Å². The van der Waals surface area contributed by atoms with Crippen molar-refractivity contribution < 1.29 is 4.79 Å². The van der Waals surface area contributed by atoms with Crippen LogP contribution in [0.2, 0.25) is 5.02 Å². The molecule has 1 aliphatic heterocycles. The van der Waals surface area contributed by atoms with E-state index in [4.69, 9.17) is 16.6 Å². The Morgan fingerprint density at radius 1 is 1.19 bits per heavy atom. The van der Waals surface area contributed by atoms with Gasteiger partial charge in [-0.2, -0.15) is 0 Å². The van der Waals surface area contributed by atoms with Gasteiger partial charge >= 0.3 is 0 Å². The number of piperidine rings is 1. The summed E-state index contributed by atoms with van der Waals surface area (Å²) in [6.07, 6.45) is 13.9. The van der Waals surface area contributed by atoms with Crippen LogP contribution in [0.25, 0.3) is 11.3 Å². The summed E-state index contributed by atoms with van der Waals surface area (Å²) in [5.41, 5.74) is 3.75. The number of halogens is 1. The minimum atomic E-state index is 0.231. The predicted octanol–water partition coefficient (Wildman–Crippen LogP) is 6.59. The molecule has 2 aromatic rings. The lowest BCUT2D eigenvalue weighted by Crippen LogP contribution is -2.43. The summed E-state index contributed by atoms with van der Waals surface area (Å²) >= 11 is 7.67. The van der Waals surface area contributed by atoms with Crippen molar-refractivity contribution in [2.45, 2.75) is 76.0 Å². The molecule has 0 spiro atoms. The molecule has 2 aliphatic rings. The summed E-state index contributed by atoms with van der Waals surface area (Å²) in [6, 6.07) is 8.29. The van der Waals surface area contributed by atoms with Gasteiger partial charge in [-0.05, 0) is 76.0 Å². The van der Waals surface area contributed by atoms with Gasteiger partial charge in [0.25, 0.3) is 0 Å². The molecule has 1 amide bonds. The van der Waals surface area contributed by atoms with Crippen molar-refractivity contribution in [2.24, 2.45) is 0 Å². The number of hydrogen-bond donors (Lipinski definition) is 0. The fraction of sp³-hybridized carbons (Fsp3) is 0.520. The van der Waals surface area contributed by atoms with Gasteiger partial charge in [-0.25, -0.2) is 4.98 Å². The highest BCUT2D eigenvalue weighted by Gasteiger charge is 2.24. The third kappa shape index (κ3) is 5.75. The lowest BCUT2D eigenvalue weighted by atomic mass is 9.97. The summed E-state index contributed by atoms with van der Waals surface area (Å²) in [6.45, 7) is 3.94. The quantitative estimate of drug-likeness (QED) is 0.347. The number of imidazole rings is 1. The number of likely N-dealkylation sites (tertiary alicyclic amines) is 1. The SMILES string of the molecule is C[C@@H]1CCCCN1C(=O)CSc1ncc(-c2ccc(Cl)cc2)n1CCC1=CCCCC1. The molecule has 1 aromatic heterocycles. The molecule has 0 N–H and O–H groups in total. The summed E-state index contributed by atoms with van der Waals surface area (Å²) in [4.78, 5) is 19.6. The summed E-state index contributed by atoms with van der Waals surface area (Å²) in [5.74, 6) is 0.680. The molecule has 0 bridgehead atoms. The molecule has 1 fully saturated rings. The highest BCUT2D eigenvalue weighted by molar-refractivity contribution is 7.99. The van der Waals surface area contributed by atoms with Gasteiger partial charge in [-0.3, -0.25) is 4.79 Å². The first kappa shape index (κ1) is 22.5. The normalized spacial score (nSPS) is 19.4. The maximum atomic E-state index is 12.9. The van der Waals surface area contributed by atoms with Crippen molar-refractivity contribution in [3.63, 3.8) is 0 Å².